The smallest absolute Gasteiger partial charge is 0.287 e. The number of piperidine rings is 1. The molecule has 3 rings (SSSR count). The number of hydrogen-bond donors (Lipinski definition) is 1. The summed E-state index contributed by atoms with van der Waals surface area (Å²) in [5.74, 6) is 0.221. The van der Waals surface area contributed by atoms with Crippen LogP contribution in [0.1, 0.15) is 30.3 Å². The third kappa shape index (κ3) is 3.62. The van der Waals surface area contributed by atoms with E-state index >= 15 is 0 Å². The number of nitrogens with zero attached hydrogens (tertiary/aromatic N) is 1. The highest BCUT2D eigenvalue weighted by atomic mass is 16.3. The van der Waals surface area contributed by atoms with Crippen LogP contribution in [0.2, 0.25) is 0 Å². The van der Waals surface area contributed by atoms with Crippen LogP contribution in [-0.2, 0) is 0 Å². The lowest BCUT2D eigenvalue weighted by Gasteiger charge is -2.31. The van der Waals surface area contributed by atoms with Gasteiger partial charge in [0.1, 0.15) is 5.58 Å². The monoisotopic (exact) mass is 314 g/mol. The van der Waals surface area contributed by atoms with E-state index in [1.54, 1.807) is 24.3 Å². The predicted molar refractivity (Wildman–Crippen MR) is 89.7 cm³/mol. The molecule has 0 aliphatic carbocycles. The maximum absolute atomic E-state index is 12.3. The standard InChI is InChI=1S/C18H22N2O3/c1-2-20-9-5-6-13(12-20)11-19-18(22)17-10-15(21)14-7-3-4-8-16(14)23-17/h3-4,7-8,10,13H,2,5-6,9,11-12H2,1H3,(H,19,22)/t13-/m1/s1. The van der Waals surface area contributed by atoms with Crippen molar-refractivity contribution < 1.29 is 9.21 Å². The molecular formula is C18H22N2O3. The first-order valence-electron chi connectivity index (χ1n) is 8.21. The van der Waals surface area contributed by atoms with E-state index in [1.807, 2.05) is 0 Å². The van der Waals surface area contributed by atoms with Crippen LogP contribution in [0.3, 0.4) is 0 Å². The van der Waals surface area contributed by atoms with Crippen molar-refractivity contribution in [1.82, 2.24) is 10.2 Å². The van der Waals surface area contributed by atoms with Crippen LogP contribution in [-0.4, -0.2) is 37.0 Å². The Morgan fingerprint density at radius 2 is 2.22 bits per heavy atom. The molecule has 1 atom stereocenters. The van der Waals surface area contributed by atoms with Crippen molar-refractivity contribution in [3.8, 4) is 0 Å². The van der Waals surface area contributed by atoms with Gasteiger partial charge >= 0.3 is 0 Å². The molecule has 1 aliphatic heterocycles. The lowest BCUT2D eigenvalue weighted by Crippen LogP contribution is -2.40. The minimum absolute atomic E-state index is 0.0804. The molecule has 0 bridgehead atoms. The van der Waals surface area contributed by atoms with Crippen molar-refractivity contribution in [3.05, 3.63) is 46.3 Å². The minimum atomic E-state index is -0.318. The highest BCUT2D eigenvalue weighted by Gasteiger charge is 2.20. The summed E-state index contributed by atoms with van der Waals surface area (Å²) >= 11 is 0. The van der Waals surface area contributed by atoms with Gasteiger partial charge in [0.05, 0.1) is 5.39 Å². The van der Waals surface area contributed by atoms with E-state index in [0.717, 1.165) is 26.1 Å². The largest absolute Gasteiger partial charge is 0.451 e. The topological polar surface area (TPSA) is 62.6 Å². The molecular weight excluding hydrogens is 292 g/mol. The maximum atomic E-state index is 12.3. The fraction of sp³-hybridized carbons (Fsp3) is 0.444. The van der Waals surface area contributed by atoms with Gasteiger partial charge in [0, 0.05) is 19.2 Å². The second-order valence-corrected chi connectivity index (χ2v) is 6.08. The van der Waals surface area contributed by atoms with E-state index in [2.05, 4.69) is 17.1 Å². The molecule has 2 heterocycles. The average Bonchev–Trinajstić information content (AvgIpc) is 2.60. The Morgan fingerprint density at radius 1 is 1.39 bits per heavy atom. The Kier molecular flexibility index (Phi) is 4.76. The molecule has 5 heteroatoms. The number of benzene rings is 1. The van der Waals surface area contributed by atoms with Gasteiger partial charge in [0.15, 0.2) is 11.2 Å². The van der Waals surface area contributed by atoms with Gasteiger partial charge in [-0.05, 0) is 44.0 Å². The summed E-state index contributed by atoms with van der Waals surface area (Å²) in [5.41, 5.74) is 0.256. The fourth-order valence-electron chi connectivity index (χ4n) is 3.15. The van der Waals surface area contributed by atoms with Crippen LogP contribution in [0.25, 0.3) is 11.0 Å². The van der Waals surface area contributed by atoms with Crippen LogP contribution in [0.5, 0.6) is 0 Å². The molecule has 5 nitrogen and oxygen atoms in total. The van der Waals surface area contributed by atoms with Gasteiger partial charge in [-0.2, -0.15) is 0 Å². The van der Waals surface area contributed by atoms with E-state index in [1.165, 1.54) is 12.5 Å². The van der Waals surface area contributed by atoms with Gasteiger partial charge in [-0.3, -0.25) is 9.59 Å². The molecule has 23 heavy (non-hydrogen) atoms. The molecule has 1 saturated heterocycles. The summed E-state index contributed by atoms with van der Waals surface area (Å²) in [5, 5.41) is 3.40. The zero-order valence-electron chi connectivity index (χ0n) is 13.4. The third-order valence-corrected chi connectivity index (χ3v) is 4.46. The van der Waals surface area contributed by atoms with Crippen LogP contribution in [0.15, 0.2) is 39.5 Å². The van der Waals surface area contributed by atoms with Crippen molar-refractivity contribution in [3.63, 3.8) is 0 Å². The first kappa shape index (κ1) is 15.7. The summed E-state index contributed by atoms with van der Waals surface area (Å²) < 4.78 is 5.56. The molecule has 0 spiro atoms. The van der Waals surface area contributed by atoms with E-state index in [4.69, 9.17) is 4.42 Å². The number of likely N-dealkylation sites (tertiary alicyclic amines) is 1. The van der Waals surface area contributed by atoms with Gasteiger partial charge in [0.2, 0.25) is 0 Å². The molecule has 1 aliphatic rings. The van der Waals surface area contributed by atoms with Gasteiger partial charge in [-0.15, -0.1) is 0 Å². The lowest BCUT2D eigenvalue weighted by molar-refractivity contribution is 0.0906. The van der Waals surface area contributed by atoms with Crippen LogP contribution < -0.4 is 10.7 Å². The summed E-state index contributed by atoms with van der Waals surface area (Å²) in [6, 6.07) is 8.24. The Labute approximate surface area is 135 Å². The fourth-order valence-corrected chi connectivity index (χ4v) is 3.15. The molecule has 1 aromatic heterocycles. The third-order valence-electron chi connectivity index (χ3n) is 4.46. The van der Waals surface area contributed by atoms with Gasteiger partial charge < -0.3 is 14.6 Å². The number of carbonyl (C=O) groups is 1. The highest BCUT2D eigenvalue weighted by Crippen LogP contribution is 2.16. The van der Waals surface area contributed by atoms with Crippen LogP contribution >= 0.6 is 0 Å². The summed E-state index contributed by atoms with van der Waals surface area (Å²) in [6.45, 7) is 5.97. The number of para-hydroxylation sites is 1. The SMILES string of the molecule is CCN1CCC[C@H](CNC(=O)c2cc(=O)c3ccccc3o2)C1. The molecule has 2 aromatic rings. The number of fused-ring (bicyclic) bond motifs is 1. The van der Waals surface area contributed by atoms with Crippen LogP contribution in [0.4, 0.5) is 0 Å². The number of nitrogens with one attached hydrogen (secondary N) is 1. The number of rotatable bonds is 4. The van der Waals surface area contributed by atoms with E-state index in [0.29, 0.717) is 23.4 Å². The second kappa shape index (κ2) is 6.96. The highest BCUT2D eigenvalue weighted by molar-refractivity contribution is 5.93. The summed E-state index contributed by atoms with van der Waals surface area (Å²) in [6.07, 6.45) is 2.29. The molecule has 1 amide bonds. The van der Waals surface area contributed by atoms with Crippen molar-refractivity contribution in [2.24, 2.45) is 5.92 Å². The van der Waals surface area contributed by atoms with Crippen molar-refractivity contribution in [2.75, 3.05) is 26.2 Å². The second-order valence-electron chi connectivity index (χ2n) is 6.08. The zero-order valence-corrected chi connectivity index (χ0v) is 13.4. The summed E-state index contributed by atoms with van der Waals surface area (Å²) in [7, 11) is 0. The van der Waals surface area contributed by atoms with Gasteiger partial charge in [-0.25, -0.2) is 0 Å². The summed E-state index contributed by atoms with van der Waals surface area (Å²) in [4.78, 5) is 26.7. The Morgan fingerprint density at radius 3 is 3.04 bits per heavy atom. The minimum Gasteiger partial charge on any atom is -0.451 e. The Hall–Kier alpha value is -2.14. The number of hydrogen-bond acceptors (Lipinski definition) is 4. The lowest BCUT2D eigenvalue weighted by atomic mass is 9.98. The Balaban J connectivity index is 1.68. The van der Waals surface area contributed by atoms with Crippen molar-refractivity contribution >= 4 is 16.9 Å². The maximum Gasteiger partial charge on any atom is 0.287 e. The molecule has 0 unspecified atom stereocenters. The first-order chi connectivity index (χ1) is 11.2. The van der Waals surface area contributed by atoms with Gasteiger partial charge in [0.25, 0.3) is 5.91 Å². The molecule has 0 radical (unpaired) electrons. The average molecular weight is 314 g/mol. The number of carbonyl (C=O) groups excluding carboxylic acids is 1. The van der Waals surface area contributed by atoms with Crippen molar-refractivity contribution in [2.45, 2.75) is 19.8 Å². The van der Waals surface area contributed by atoms with Crippen LogP contribution in [0, 0.1) is 5.92 Å². The molecule has 1 fully saturated rings. The zero-order chi connectivity index (χ0) is 16.2. The van der Waals surface area contributed by atoms with E-state index in [9.17, 15) is 9.59 Å². The number of amides is 1. The molecule has 1 aromatic carbocycles. The molecule has 0 saturated carbocycles. The molecule has 122 valence electrons. The normalized spacial score (nSPS) is 18.9. The van der Waals surface area contributed by atoms with E-state index < -0.39 is 0 Å². The van der Waals surface area contributed by atoms with Crippen molar-refractivity contribution in [1.29, 1.82) is 0 Å². The van der Waals surface area contributed by atoms with E-state index in [-0.39, 0.29) is 17.1 Å². The Bertz CT molecular complexity index is 753. The first-order valence-corrected chi connectivity index (χ1v) is 8.21. The van der Waals surface area contributed by atoms with Gasteiger partial charge in [-0.1, -0.05) is 19.1 Å². The predicted octanol–water partition coefficient (Wildman–Crippen LogP) is 2.25. The molecule has 1 N–H and O–H groups in total. The quantitative estimate of drug-likeness (QED) is 0.940.